The molecule has 0 saturated heterocycles. The number of rotatable bonds is 3. The fraction of sp³-hybridized carbons (Fsp3) is 0.333. The van der Waals surface area contributed by atoms with Gasteiger partial charge in [-0.2, -0.15) is 0 Å². The van der Waals surface area contributed by atoms with Gasteiger partial charge in [-0.1, -0.05) is 18.2 Å². The van der Waals surface area contributed by atoms with Gasteiger partial charge in [0.2, 0.25) is 5.91 Å². The quantitative estimate of drug-likeness (QED) is 0.785. The van der Waals surface area contributed by atoms with E-state index in [1.54, 1.807) is 6.07 Å². The molecule has 2 amide bonds. The van der Waals surface area contributed by atoms with E-state index in [1.807, 2.05) is 18.2 Å². The summed E-state index contributed by atoms with van der Waals surface area (Å²) in [5, 5.41) is 5.54. The maximum Gasteiger partial charge on any atom is 0.251 e. The summed E-state index contributed by atoms with van der Waals surface area (Å²) >= 11 is 5.41. The first-order chi connectivity index (χ1) is 8.22. The summed E-state index contributed by atoms with van der Waals surface area (Å²) in [7, 11) is 0. The first-order valence-electron chi connectivity index (χ1n) is 5.42. The van der Waals surface area contributed by atoms with E-state index < -0.39 is 0 Å². The van der Waals surface area contributed by atoms with E-state index in [0.717, 1.165) is 5.56 Å². The van der Waals surface area contributed by atoms with E-state index in [1.165, 1.54) is 0 Å². The summed E-state index contributed by atoms with van der Waals surface area (Å²) in [6.07, 6.45) is 0. The van der Waals surface area contributed by atoms with Gasteiger partial charge >= 0.3 is 0 Å². The van der Waals surface area contributed by atoms with E-state index in [-0.39, 0.29) is 23.6 Å². The zero-order chi connectivity index (χ0) is 12.3. The number of hydrogen-bond acceptors (Lipinski definition) is 2. The number of carbonyl (C=O) groups is 2. The Balaban J connectivity index is 2.13. The maximum absolute atomic E-state index is 11.6. The lowest BCUT2D eigenvalue weighted by atomic mass is 9.90. The van der Waals surface area contributed by atoms with Crippen molar-refractivity contribution in [3.63, 3.8) is 0 Å². The molecule has 1 heterocycles. The summed E-state index contributed by atoms with van der Waals surface area (Å²) in [5.41, 5.74) is 1.66. The number of nitrogens with one attached hydrogen (secondary N) is 2. The summed E-state index contributed by atoms with van der Waals surface area (Å²) < 4.78 is 0. The molecular formula is C12H13ClN2O2. The van der Waals surface area contributed by atoms with E-state index in [0.29, 0.717) is 18.7 Å². The Morgan fingerprint density at radius 2 is 2.24 bits per heavy atom. The number of fused-ring (bicyclic) bond motifs is 1. The van der Waals surface area contributed by atoms with Crippen LogP contribution in [0.2, 0.25) is 0 Å². The summed E-state index contributed by atoms with van der Waals surface area (Å²) in [6.45, 7) is 1.03. The zero-order valence-corrected chi connectivity index (χ0v) is 9.96. The van der Waals surface area contributed by atoms with Crippen molar-refractivity contribution >= 4 is 23.4 Å². The van der Waals surface area contributed by atoms with Crippen LogP contribution < -0.4 is 10.6 Å². The first-order valence-corrected chi connectivity index (χ1v) is 5.95. The highest BCUT2D eigenvalue weighted by Gasteiger charge is 2.24. The van der Waals surface area contributed by atoms with Crippen molar-refractivity contribution in [2.45, 2.75) is 5.92 Å². The minimum atomic E-state index is -0.193. The smallest absolute Gasteiger partial charge is 0.251 e. The van der Waals surface area contributed by atoms with E-state index in [2.05, 4.69) is 10.6 Å². The molecule has 1 atom stereocenters. The lowest BCUT2D eigenvalue weighted by Crippen LogP contribution is -2.40. The maximum atomic E-state index is 11.6. The fourth-order valence-electron chi connectivity index (χ4n) is 1.95. The molecular weight excluding hydrogens is 240 g/mol. The molecule has 0 saturated carbocycles. The molecule has 1 aliphatic heterocycles. The van der Waals surface area contributed by atoms with E-state index in [4.69, 9.17) is 11.6 Å². The Morgan fingerprint density at radius 3 is 3.00 bits per heavy atom. The van der Waals surface area contributed by atoms with Crippen molar-refractivity contribution in [1.82, 2.24) is 10.6 Å². The van der Waals surface area contributed by atoms with Crippen LogP contribution >= 0.6 is 11.6 Å². The first kappa shape index (κ1) is 11.9. The standard InChI is InChI=1S/C12H13ClN2O2/c13-5-11(16)14-6-8-7-15-12(17)10-4-2-1-3-9(8)10/h1-4,8H,5-7H2,(H,14,16)(H,15,17). The molecule has 2 rings (SSSR count). The lowest BCUT2D eigenvalue weighted by molar-refractivity contribution is -0.118. The number of alkyl halides is 1. The van der Waals surface area contributed by atoms with Crippen LogP contribution in [0.5, 0.6) is 0 Å². The Kier molecular flexibility index (Phi) is 3.64. The number of amides is 2. The Hall–Kier alpha value is -1.55. The summed E-state index contributed by atoms with van der Waals surface area (Å²) in [4.78, 5) is 22.7. The molecule has 4 nitrogen and oxygen atoms in total. The average molecular weight is 253 g/mol. The van der Waals surface area contributed by atoms with Crippen molar-refractivity contribution in [2.75, 3.05) is 19.0 Å². The highest BCUT2D eigenvalue weighted by Crippen LogP contribution is 2.22. The number of hydrogen-bond donors (Lipinski definition) is 2. The van der Waals surface area contributed by atoms with E-state index in [9.17, 15) is 9.59 Å². The molecule has 5 heteroatoms. The van der Waals surface area contributed by atoms with Crippen LogP contribution in [0.4, 0.5) is 0 Å². The molecule has 1 aliphatic rings. The van der Waals surface area contributed by atoms with Crippen LogP contribution in [-0.2, 0) is 4.79 Å². The Bertz CT molecular complexity index is 448. The van der Waals surface area contributed by atoms with Crippen LogP contribution in [0.25, 0.3) is 0 Å². The SMILES string of the molecule is O=C(CCl)NCC1CNC(=O)c2ccccc21. The summed E-state index contributed by atoms with van der Waals surface area (Å²) in [6, 6.07) is 7.44. The van der Waals surface area contributed by atoms with Gasteiger partial charge in [0.15, 0.2) is 0 Å². The molecule has 2 N–H and O–H groups in total. The number of benzene rings is 1. The van der Waals surface area contributed by atoms with Gasteiger partial charge in [0.25, 0.3) is 5.91 Å². The normalized spacial score (nSPS) is 18.2. The third-order valence-corrected chi connectivity index (χ3v) is 3.06. The van der Waals surface area contributed by atoms with Gasteiger partial charge in [0, 0.05) is 24.6 Å². The third kappa shape index (κ3) is 2.58. The van der Waals surface area contributed by atoms with Crippen LogP contribution in [0, 0.1) is 0 Å². The Morgan fingerprint density at radius 1 is 1.47 bits per heavy atom. The van der Waals surface area contributed by atoms with Gasteiger partial charge in [-0.15, -0.1) is 11.6 Å². The number of halogens is 1. The average Bonchev–Trinajstić information content (AvgIpc) is 2.38. The molecule has 0 aromatic heterocycles. The third-order valence-electron chi connectivity index (χ3n) is 2.82. The van der Waals surface area contributed by atoms with Gasteiger partial charge in [-0.3, -0.25) is 9.59 Å². The molecule has 0 bridgehead atoms. The molecule has 0 aliphatic carbocycles. The predicted molar refractivity (Wildman–Crippen MR) is 65.2 cm³/mol. The minimum Gasteiger partial charge on any atom is -0.354 e. The van der Waals surface area contributed by atoms with Gasteiger partial charge in [0.05, 0.1) is 0 Å². The van der Waals surface area contributed by atoms with Crippen molar-refractivity contribution in [1.29, 1.82) is 0 Å². The van der Waals surface area contributed by atoms with Gasteiger partial charge in [-0.05, 0) is 11.6 Å². The van der Waals surface area contributed by atoms with Gasteiger partial charge in [0.1, 0.15) is 5.88 Å². The largest absolute Gasteiger partial charge is 0.354 e. The highest BCUT2D eigenvalue weighted by molar-refractivity contribution is 6.27. The molecule has 1 aromatic rings. The molecule has 0 fully saturated rings. The van der Waals surface area contributed by atoms with Gasteiger partial charge < -0.3 is 10.6 Å². The number of carbonyl (C=O) groups excluding carboxylic acids is 2. The van der Waals surface area contributed by atoms with Crippen LogP contribution in [0.3, 0.4) is 0 Å². The highest BCUT2D eigenvalue weighted by atomic mass is 35.5. The topological polar surface area (TPSA) is 58.2 Å². The summed E-state index contributed by atoms with van der Waals surface area (Å²) in [5.74, 6) is -0.182. The van der Waals surface area contributed by atoms with Crippen molar-refractivity contribution in [3.05, 3.63) is 35.4 Å². The van der Waals surface area contributed by atoms with Crippen LogP contribution in [0.15, 0.2) is 24.3 Å². The van der Waals surface area contributed by atoms with Crippen molar-refractivity contribution in [2.24, 2.45) is 0 Å². The fourth-order valence-corrected chi connectivity index (χ4v) is 2.04. The second-order valence-corrected chi connectivity index (χ2v) is 4.20. The zero-order valence-electron chi connectivity index (χ0n) is 9.20. The molecule has 0 radical (unpaired) electrons. The van der Waals surface area contributed by atoms with Crippen LogP contribution in [0.1, 0.15) is 21.8 Å². The minimum absolute atomic E-state index is 0.0409. The monoisotopic (exact) mass is 252 g/mol. The van der Waals surface area contributed by atoms with E-state index >= 15 is 0 Å². The van der Waals surface area contributed by atoms with Gasteiger partial charge in [-0.25, -0.2) is 0 Å². The lowest BCUT2D eigenvalue weighted by Gasteiger charge is -2.25. The second kappa shape index (κ2) is 5.19. The predicted octanol–water partition coefficient (Wildman–Crippen LogP) is 0.869. The van der Waals surface area contributed by atoms with Crippen molar-refractivity contribution in [3.8, 4) is 0 Å². The molecule has 1 aromatic carbocycles. The Labute approximate surface area is 104 Å². The molecule has 1 unspecified atom stereocenters. The van der Waals surface area contributed by atoms with Crippen LogP contribution in [-0.4, -0.2) is 30.8 Å². The molecule has 90 valence electrons. The second-order valence-electron chi connectivity index (χ2n) is 3.93. The molecule has 0 spiro atoms. The molecule has 17 heavy (non-hydrogen) atoms. The van der Waals surface area contributed by atoms with Crippen molar-refractivity contribution < 1.29 is 9.59 Å².